The molecule has 0 amide bonds. The first kappa shape index (κ1) is 15.4. The topological polar surface area (TPSA) is 81.4 Å². The van der Waals surface area contributed by atoms with Gasteiger partial charge in [0.2, 0.25) is 0 Å². The lowest BCUT2D eigenvalue weighted by Gasteiger charge is -2.12. The number of rotatable bonds is 2. The number of nitrogens with zero attached hydrogens (tertiary/aromatic N) is 5. The number of fused-ring (bicyclic) bond motifs is 3. The molecule has 0 radical (unpaired) electrons. The first-order chi connectivity index (χ1) is 11.8. The number of hydrogen-bond acceptors (Lipinski definition) is 4. The molecule has 4 heterocycles. The van der Waals surface area contributed by atoms with Crippen LogP contribution in [0.15, 0.2) is 35.4 Å². The Balaban J connectivity index is 2.10. The van der Waals surface area contributed by atoms with Gasteiger partial charge in [-0.25, -0.2) is 4.98 Å². The number of alkyl halides is 3. The molecular weight excluding hydrogens is 337 g/mol. The summed E-state index contributed by atoms with van der Waals surface area (Å²) in [4.78, 5) is 16.5. The standard InChI is InChI=1S/C15H11F3N6O/c1-23-7-10-9-2-3-11(15(16,17)18)20-13(9)24(14(25)12(10)22-23)6-8-4-5-19-21-8/h2-5,7H,6H2,1H3,(H,19,21). The number of aromatic amines is 1. The van der Waals surface area contributed by atoms with Gasteiger partial charge in [0, 0.05) is 30.2 Å². The van der Waals surface area contributed by atoms with Gasteiger partial charge in [-0.3, -0.25) is 19.1 Å². The zero-order valence-electron chi connectivity index (χ0n) is 12.9. The third-order valence-electron chi connectivity index (χ3n) is 3.87. The van der Waals surface area contributed by atoms with Gasteiger partial charge in [-0.05, 0) is 18.2 Å². The molecule has 0 fully saturated rings. The molecule has 0 spiro atoms. The minimum absolute atomic E-state index is 0.0101. The fourth-order valence-corrected chi connectivity index (χ4v) is 2.78. The lowest BCUT2D eigenvalue weighted by molar-refractivity contribution is -0.141. The third-order valence-corrected chi connectivity index (χ3v) is 3.87. The lowest BCUT2D eigenvalue weighted by Crippen LogP contribution is -2.23. The summed E-state index contributed by atoms with van der Waals surface area (Å²) in [5, 5.41) is 11.5. The summed E-state index contributed by atoms with van der Waals surface area (Å²) in [6.07, 6.45) is -1.52. The van der Waals surface area contributed by atoms with Gasteiger partial charge in [0.05, 0.1) is 12.2 Å². The number of halogens is 3. The van der Waals surface area contributed by atoms with Crippen LogP contribution in [0.1, 0.15) is 11.4 Å². The van der Waals surface area contributed by atoms with Crippen molar-refractivity contribution in [3.63, 3.8) is 0 Å². The van der Waals surface area contributed by atoms with Crippen LogP contribution in [0.5, 0.6) is 0 Å². The molecule has 0 aliphatic rings. The van der Waals surface area contributed by atoms with Gasteiger partial charge in [0.15, 0.2) is 5.52 Å². The average Bonchev–Trinajstić information content (AvgIpc) is 3.19. The lowest BCUT2D eigenvalue weighted by atomic mass is 10.2. The van der Waals surface area contributed by atoms with Crippen LogP contribution in [0.25, 0.3) is 21.9 Å². The maximum Gasteiger partial charge on any atom is 0.433 e. The summed E-state index contributed by atoms with van der Waals surface area (Å²) in [5.41, 5.74) is -0.866. The number of aromatic nitrogens is 6. The van der Waals surface area contributed by atoms with E-state index in [1.807, 2.05) is 0 Å². The fraction of sp³-hybridized carbons (Fsp3) is 0.200. The van der Waals surface area contributed by atoms with Gasteiger partial charge in [-0.2, -0.15) is 23.4 Å². The number of hydrogen-bond donors (Lipinski definition) is 1. The Morgan fingerprint density at radius 3 is 2.68 bits per heavy atom. The second kappa shape index (κ2) is 5.16. The van der Waals surface area contributed by atoms with Gasteiger partial charge in [-0.1, -0.05) is 0 Å². The molecule has 0 unspecified atom stereocenters. The van der Waals surface area contributed by atoms with Crippen LogP contribution in [0, 0.1) is 0 Å². The molecule has 4 rings (SSSR count). The maximum atomic E-state index is 13.1. The predicted molar refractivity (Wildman–Crippen MR) is 83.0 cm³/mol. The highest BCUT2D eigenvalue weighted by Gasteiger charge is 2.33. The van der Waals surface area contributed by atoms with Crippen molar-refractivity contribution in [2.45, 2.75) is 12.7 Å². The Labute approximate surface area is 137 Å². The van der Waals surface area contributed by atoms with Crippen LogP contribution in [-0.2, 0) is 19.8 Å². The predicted octanol–water partition coefficient (Wildman–Crippen LogP) is 2.07. The van der Waals surface area contributed by atoms with Gasteiger partial charge in [-0.15, -0.1) is 0 Å². The van der Waals surface area contributed by atoms with Crippen LogP contribution in [0.2, 0.25) is 0 Å². The van der Waals surface area contributed by atoms with Gasteiger partial charge < -0.3 is 0 Å². The molecule has 0 aromatic carbocycles. The summed E-state index contributed by atoms with van der Waals surface area (Å²) in [6.45, 7) is 0.0101. The number of aryl methyl sites for hydroxylation is 1. The van der Waals surface area contributed by atoms with Crippen LogP contribution in [0.3, 0.4) is 0 Å². The highest BCUT2D eigenvalue weighted by molar-refractivity contribution is 6.02. The molecule has 10 heteroatoms. The largest absolute Gasteiger partial charge is 0.433 e. The van der Waals surface area contributed by atoms with E-state index in [0.717, 1.165) is 6.07 Å². The Morgan fingerprint density at radius 1 is 1.20 bits per heavy atom. The zero-order chi connectivity index (χ0) is 17.8. The quantitative estimate of drug-likeness (QED) is 0.601. The van der Waals surface area contributed by atoms with Gasteiger partial charge in [0.25, 0.3) is 5.56 Å². The molecule has 7 nitrogen and oxygen atoms in total. The second-order valence-electron chi connectivity index (χ2n) is 5.60. The smallest absolute Gasteiger partial charge is 0.285 e. The minimum atomic E-state index is -4.60. The molecule has 0 aliphatic carbocycles. The summed E-state index contributed by atoms with van der Waals surface area (Å²) in [6, 6.07) is 3.85. The maximum absolute atomic E-state index is 13.1. The molecule has 25 heavy (non-hydrogen) atoms. The van der Waals surface area contributed by atoms with E-state index < -0.39 is 17.4 Å². The number of pyridine rings is 2. The van der Waals surface area contributed by atoms with Crippen molar-refractivity contribution in [3.8, 4) is 0 Å². The molecular formula is C15H11F3N6O. The Morgan fingerprint density at radius 2 is 2.00 bits per heavy atom. The highest BCUT2D eigenvalue weighted by atomic mass is 19.4. The van der Waals surface area contributed by atoms with E-state index in [2.05, 4.69) is 20.3 Å². The third kappa shape index (κ3) is 2.46. The van der Waals surface area contributed by atoms with E-state index in [9.17, 15) is 18.0 Å². The van der Waals surface area contributed by atoms with E-state index in [0.29, 0.717) is 16.5 Å². The normalized spacial score (nSPS) is 12.3. The van der Waals surface area contributed by atoms with Gasteiger partial charge in [0.1, 0.15) is 11.3 Å². The summed E-state index contributed by atoms with van der Waals surface area (Å²) in [7, 11) is 1.64. The first-order valence-corrected chi connectivity index (χ1v) is 7.27. The molecule has 128 valence electrons. The highest BCUT2D eigenvalue weighted by Crippen LogP contribution is 2.30. The molecule has 0 bridgehead atoms. The molecule has 0 atom stereocenters. The summed E-state index contributed by atoms with van der Waals surface area (Å²) >= 11 is 0. The van der Waals surface area contributed by atoms with Crippen molar-refractivity contribution in [3.05, 3.63) is 52.3 Å². The zero-order valence-corrected chi connectivity index (χ0v) is 12.9. The van der Waals surface area contributed by atoms with E-state index >= 15 is 0 Å². The molecule has 4 aromatic rings. The molecule has 0 saturated carbocycles. The van der Waals surface area contributed by atoms with E-state index in [1.54, 1.807) is 19.3 Å². The fourth-order valence-electron chi connectivity index (χ4n) is 2.78. The van der Waals surface area contributed by atoms with Crippen LogP contribution in [-0.4, -0.2) is 29.5 Å². The van der Waals surface area contributed by atoms with Crippen molar-refractivity contribution in [1.82, 2.24) is 29.5 Å². The van der Waals surface area contributed by atoms with Crippen LogP contribution < -0.4 is 5.56 Å². The SMILES string of the molecule is Cn1cc2c(n1)c(=O)n(Cc1ccn[nH]1)c1nc(C(F)(F)F)ccc21. The Bertz CT molecular complexity index is 1140. The Hall–Kier alpha value is -3.17. The number of nitrogens with one attached hydrogen (secondary N) is 1. The van der Waals surface area contributed by atoms with E-state index in [1.165, 1.54) is 21.5 Å². The molecule has 1 N–H and O–H groups in total. The molecule has 0 aliphatic heterocycles. The minimum Gasteiger partial charge on any atom is -0.285 e. The second-order valence-corrected chi connectivity index (χ2v) is 5.60. The first-order valence-electron chi connectivity index (χ1n) is 7.27. The summed E-state index contributed by atoms with van der Waals surface area (Å²) < 4.78 is 41.8. The van der Waals surface area contributed by atoms with Crippen molar-refractivity contribution >= 4 is 21.9 Å². The van der Waals surface area contributed by atoms with Gasteiger partial charge >= 0.3 is 6.18 Å². The Kier molecular flexibility index (Phi) is 3.17. The molecule has 4 aromatic heterocycles. The van der Waals surface area contributed by atoms with Crippen molar-refractivity contribution in [2.24, 2.45) is 7.05 Å². The average molecular weight is 348 g/mol. The molecule has 0 saturated heterocycles. The van der Waals surface area contributed by atoms with E-state index in [-0.39, 0.29) is 17.7 Å². The monoisotopic (exact) mass is 348 g/mol. The summed E-state index contributed by atoms with van der Waals surface area (Å²) in [5.74, 6) is 0. The van der Waals surface area contributed by atoms with Crippen LogP contribution in [0.4, 0.5) is 13.2 Å². The van der Waals surface area contributed by atoms with Crippen molar-refractivity contribution < 1.29 is 13.2 Å². The van der Waals surface area contributed by atoms with Crippen molar-refractivity contribution in [2.75, 3.05) is 0 Å². The van der Waals surface area contributed by atoms with Crippen molar-refractivity contribution in [1.29, 1.82) is 0 Å². The van der Waals surface area contributed by atoms with E-state index in [4.69, 9.17) is 0 Å². The van der Waals surface area contributed by atoms with Crippen LogP contribution >= 0.6 is 0 Å². The number of H-pyrrole nitrogens is 1.